The van der Waals surface area contributed by atoms with Gasteiger partial charge in [-0.2, -0.15) is 0 Å². The number of nitrogens with zero attached hydrogens (tertiary/aromatic N) is 1. The fraction of sp³-hybridized carbons (Fsp3) is 0.562. The highest BCUT2D eigenvalue weighted by atomic mass is 79.9. The lowest BCUT2D eigenvalue weighted by molar-refractivity contribution is -0.133. The SMILES string of the molecule is CCNCc1cc(Br)ccc1OCC(=O)N(CC)C1CC1. The van der Waals surface area contributed by atoms with Crippen LogP contribution >= 0.6 is 15.9 Å². The molecule has 1 saturated carbocycles. The predicted molar refractivity (Wildman–Crippen MR) is 87.4 cm³/mol. The molecule has 0 aliphatic heterocycles. The second-order valence-electron chi connectivity index (χ2n) is 5.23. The molecule has 1 aliphatic rings. The topological polar surface area (TPSA) is 41.6 Å². The number of halogens is 1. The third-order valence-electron chi connectivity index (χ3n) is 3.59. The largest absolute Gasteiger partial charge is 0.483 e. The van der Waals surface area contributed by atoms with Crippen LogP contribution in [-0.4, -0.2) is 36.5 Å². The Bertz CT molecular complexity index is 489. The standard InChI is InChI=1S/C16H23BrN2O2/c1-3-18-10-12-9-13(17)5-8-15(12)21-11-16(20)19(4-2)14-6-7-14/h5,8-9,14,18H,3-4,6-7,10-11H2,1-2H3. The molecule has 0 bridgehead atoms. The van der Waals surface area contributed by atoms with Gasteiger partial charge in [0.05, 0.1) is 0 Å². The highest BCUT2D eigenvalue weighted by molar-refractivity contribution is 9.10. The number of carbonyl (C=O) groups excluding carboxylic acids is 1. The Kier molecular flexibility index (Phi) is 6.06. The summed E-state index contributed by atoms with van der Waals surface area (Å²) in [5, 5.41) is 3.29. The molecule has 0 spiro atoms. The highest BCUT2D eigenvalue weighted by Gasteiger charge is 2.31. The van der Waals surface area contributed by atoms with Gasteiger partial charge in [-0.15, -0.1) is 0 Å². The summed E-state index contributed by atoms with van der Waals surface area (Å²) < 4.78 is 6.78. The highest BCUT2D eigenvalue weighted by Crippen LogP contribution is 2.27. The van der Waals surface area contributed by atoms with Gasteiger partial charge < -0.3 is 15.0 Å². The molecule has 0 aromatic heterocycles. The first-order chi connectivity index (χ1) is 10.2. The minimum atomic E-state index is 0.0809. The molecular weight excluding hydrogens is 332 g/mol. The molecule has 5 heteroatoms. The van der Waals surface area contributed by atoms with Gasteiger partial charge in [0.25, 0.3) is 5.91 Å². The van der Waals surface area contributed by atoms with Gasteiger partial charge in [0.15, 0.2) is 6.61 Å². The van der Waals surface area contributed by atoms with E-state index < -0.39 is 0 Å². The molecule has 0 unspecified atom stereocenters. The Morgan fingerprint density at radius 2 is 2.19 bits per heavy atom. The van der Waals surface area contributed by atoms with Crippen LogP contribution in [0.2, 0.25) is 0 Å². The van der Waals surface area contributed by atoms with E-state index in [0.717, 1.165) is 48.3 Å². The molecule has 21 heavy (non-hydrogen) atoms. The molecule has 0 saturated heterocycles. The van der Waals surface area contributed by atoms with Crippen molar-refractivity contribution in [3.63, 3.8) is 0 Å². The second-order valence-corrected chi connectivity index (χ2v) is 6.15. The van der Waals surface area contributed by atoms with Crippen molar-refractivity contribution in [2.24, 2.45) is 0 Å². The molecule has 116 valence electrons. The average molecular weight is 355 g/mol. The van der Waals surface area contributed by atoms with Crippen LogP contribution < -0.4 is 10.1 Å². The molecule has 0 atom stereocenters. The zero-order chi connectivity index (χ0) is 15.2. The Morgan fingerprint density at radius 3 is 2.81 bits per heavy atom. The summed E-state index contributed by atoms with van der Waals surface area (Å²) in [5.74, 6) is 0.858. The van der Waals surface area contributed by atoms with Crippen molar-refractivity contribution in [1.82, 2.24) is 10.2 Å². The van der Waals surface area contributed by atoms with Crippen molar-refractivity contribution >= 4 is 21.8 Å². The summed E-state index contributed by atoms with van der Waals surface area (Å²) in [7, 11) is 0. The van der Waals surface area contributed by atoms with E-state index in [1.807, 2.05) is 30.0 Å². The maximum atomic E-state index is 12.2. The van der Waals surface area contributed by atoms with Crippen LogP contribution in [0.5, 0.6) is 5.75 Å². The maximum absolute atomic E-state index is 12.2. The van der Waals surface area contributed by atoms with Crippen molar-refractivity contribution in [2.75, 3.05) is 19.7 Å². The van der Waals surface area contributed by atoms with Crippen molar-refractivity contribution < 1.29 is 9.53 Å². The van der Waals surface area contributed by atoms with Crippen LogP contribution in [0.3, 0.4) is 0 Å². The van der Waals surface area contributed by atoms with E-state index >= 15 is 0 Å². The Hall–Kier alpha value is -1.07. The number of nitrogens with one attached hydrogen (secondary N) is 1. The number of benzene rings is 1. The van der Waals surface area contributed by atoms with E-state index in [0.29, 0.717) is 6.04 Å². The monoisotopic (exact) mass is 354 g/mol. The third-order valence-corrected chi connectivity index (χ3v) is 4.08. The van der Waals surface area contributed by atoms with E-state index in [2.05, 4.69) is 28.2 Å². The first-order valence-electron chi connectivity index (χ1n) is 7.57. The van der Waals surface area contributed by atoms with E-state index in [9.17, 15) is 4.79 Å². The summed E-state index contributed by atoms with van der Waals surface area (Å²) in [5.41, 5.74) is 1.06. The minimum Gasteiger partial charge on any atom is -0.483 e. The number of likely N-dealkylation sites (N-methyl/N-ethyl adjacent to an activating group) is 1. The van der Waals surface area contributed by atoms with Gasteiger partial charge >= 0.3 is 0 Å². The number of ether oxygens (including phenoxy) is 1. The maximum Gasteiger partial charge on any atom is 0.260 e. The fourth-order valence-corrected chi connectivity index (χ4v) is 2.74. The fourth-order valence-electron chi connectivity index (χ4n) is 2.33. The number of rotatable bonds is 8. The van der Waals surface area contributed by atoms with Crippen LogP contribution in [0.4, 0.5) is 0 Å². The second kappa shape index (κ2) is 7.80. The van der Waals surface area contributed by atoms with Gasteiger partial charge in [0.2, 0.25) is 0 Å². The minimum absolute atomic E-state index is 0.0809. The predicted octanol–water partition coefficient (Wildman–Crippen LogP) is 2.95. The molecule has 1 aliphatic carbocycles. The van der Waals surface area contributed by atoms with E-state index in [4.69, 9.17) is 4.74 Å². The van der Waals surface area contributed by atoms with E-state index in [1.54, 1.807) is 0 Å². The molecular formula is C16H23BrN2O2. The van der Waals surface area contributed by atoms with Gasteiger partial charge in [-0.05, 0) is 44.5 Å². The van der Waals surface area contributed by atoms with Gasteiger partial charge in [-0.25, -0.2) is 0 Å². The van der Waals surface area contributed by atoms with Crippen LogP contribution in [-0.2, 0) is 11.3 Å². The van der Waals surface area contributed by atoms with Crippen LogP contribution in [0.25, 0.3) is 0 Å². The number of hydrogen-bond donors (Lipinski definition) is 1. The Morgan fingerprint density at radius 1 is 1.43 bits per heavy atom. The molecule has 1 aromatic carbocycles. The smallest absolute Gasteiger partial charge is 0.260 e. The number of carbonyl (C=O) groups is 1. The van der Waals surface area contributed by atoms with Gasteiger partial charge in [0.1, 0.15) is 5.75 Å². The van der Waals surface area contributed by atoms with E-state index in [1.165, 1.54) is 0 Å². The average Bonchev–Trinajstić information content (AvgIpc) is 3.29. The first kappa shape index (κ1) is 16.3. The molecule has 1 aromatic rings. The lowest BCUT2D eigenvalue weighted by atomic mass is 10.2. The van der Waals surface area contributed by atoms with Gasteiger partial charge in [0, 0.05) is 29.2 Å². The van der Waals surface area contributed by atoms with Gasteiger partial charge in [-0.1, -0.05) is 22.9 Å². The number of hydrogen-bond acceptors (Lipinski definition) is 3. The normalized spacial score (nSPS) is 14.0. The van der Waals surface area contributed by atoms with Crippen molar-refractivity contribution in [3.8, 4) is 5.75 Å². The molecule has 1 N–H and O–H groups in total. The molecule has 1 fully saturated rings. The zero-order valence-electron chi connectivity index (χ0n) is 12.7. The summed E-state index contributed by atoms with van der Waals surface area (Å²) >= 11 is 3.47. The molecule has 2 rings (SSSR count). The van der Waals surface area contributed by atoms with Crippen LogP contribution in [0.15, 0.2) is 22.7 Å². The first-order valence-corrected chi connectivity index (χ1v) is 8.36. The molecule has 0 heterocycles. The van der Waals surface area contributed by atoms with Crippen molar-refractivity contribution in [2.45, 2.75) is 39.3 Å². The van der Waals surface area contributed by atoms with Crippen molar-refractivity contribution in [3.05, 3.63) is 28.2 Å². The Balaban J connectivity index is 1.96. The lowest BCUT2D eigenvalue weighted by Crippen LogP contribution is -2.36. The number of amides is 1. The van der Waals surface area contributed by atoms with E-state index in [-0.39, 0.29) is 12.5 Å². The Labute approximate surface area is 135 Å². The summed E-state index contributed by atoms with van der Waals surface area (Å²) in [6, 6.07) is 6.32. The summed E-state index contributed by atoms with van der Waals surface area (Å²) in [4.78, 5) is 14.1. The third kappa shape index (κ3) is 4.71. The zero-order valence-corrected chi connectivity index (χ0v) is 14.3. The lowest BCUT2D eigenvalue weighted by Gasteiger charge is -2.21. The summed E-state index contributed by atoms with van der Waals surface area (Å²) in [6.45, 7) is 6.60. The van der Waals surface area contributed by atoms with Gasteiger partial charge in [-0.3, -0.25) is 4.79 Å². The van der Waals surface area contributed by atoms with Crippen molar-refractivity contribution in [1.29, 1.82) is 0 Å². The van der Waals surface area contributed by atoms with Crippen LogP contribution in [0, 0.1) is 0 Å². The molecule has 4 nitrogen and oxygen atoms in total. The molecule has 1 amide bonds. The van der Waals surface area contributed by atoms with Crippen LogP contribution in [0.1, 0.15) is 32.3 Å². The summed E-state index contributed by atoms with van der Waals surface area (Å²) in [6.07, 6.45) is 2.26. The quantitative estimate of drug-likeness (QED) is 0.780. The molecule has 0 radical (unpaired) electrons.